The van der Waals surface area contributed by atoms with E-state index in [9.17, 15) is 14.4 Å². The predicted octanol–water partition coefficient (Wildman–Crippen LogP) is 5.48. The Labute approximate surface area is 221 Å². The second-order valence-corrected chi connectivity index (χ2v) is 10.1. The summed E-state index contributed by atoms with van der Waals surface area (Å²) in [6.45, 7) is 6.22. The lowest BCUT2D eigenvalue weighted by atomic mass is 10.0. The first-order valence-electron chi connectivity index (χ1n) is 12.4. The van der Waals surface area contributed by atoms with Gasteiger partial charge in [0.25, 0.3) is 5.91 Å². The fourth-order valence-corrected chi connectivity index (χ4v) is 4.10. The third-order valence-corrected chi connectivity index (χ3v) is 5.96. The molecule has 1 saturated heterocycles. The molecule has 2 amide bonds. The van der Waals surface area contributed by atoms with Gasteiger partial charge in [-0.2, -0.15) is 0 Å². The summed E-state index contributed by atoms with van der Waals surface area (Å²) in [5.41, 5.74) is 1.92. The number of rotatable bonds is 6. The molecule has 4 rings (SSSR count). The van der Waals surface area contributed by atoms with E-state index in [0.29, 0.717) is 48.5 Å². The van der Waals surface area contributed by atoms with Crippen LogP contribution in [0.2, 0.25) is 0 Å². The van der Waals surface area contributed by atoms with Crippen LogP contribution < -0.4 is 10.1 Å². The Morgan fingerprint density at radius 3 is 2.26 bits per heavy atom. The monoisotopic (exact) mass is 517 g/mol. The van der Waals surface area contributed by atoms with Gasteiger partial charge >= 0.3 is 12.1 Å². The number of anilines is 1. The number of hydrogen-bond acceptors (Lipinski definition) is 6. The number of likely N-dealkylation sites (tertiary alicyclic amines) is 1. The van der Waals surface area contributed by atoms with E-state index in [2.05, 4.69) is 10.3 Å². The van der Waals surface area contributed by atoms with E-state index >= 15 is 0 Å². The molecule has 9 nitrogen and oxygen atoms in total. The van der Waals surface area contributed by atoms with E-state index in [1.807, 2.05) is 30.3 Å². The Bertz CT molecular complexity index is 1290. The molecular weight excluding hydrogens is 486 g/mol. The van der Waals surface area contributed by atoms with Crippen LogP contribution in [-0.2, 0) is 4.74 Å². The molecular formula is C29H31N3O6. The molecule has 1 aliphatic heterocycles. The van der Waals surface area contributed by atoms with Crippen molar-refractivity contribution >= 4 is 23.7 Å². The number of hydrogen-bond donors (Lipinski definition) is 2. The summed E-state index contributed by atoms with van der Waals surface area (Å²) in [4.78, 5) is 42.5. The first-order chi connectivity index (χ1) is 18.1. The van der Waals surface area contributed by atoms with E-state index in [1.54, 1.807) is 51.1 Å². The van der Waals surface area contributed by atoms with Gasteiger partial charge in [-0.05, 0) is 56.7 Å². The highest BCUT2D eigenvalue weighted by molar-refractivity contribution is 6.07. The molecule has 2 aromatic carbocycles. The molecule has 1 aliphatic rings. The van der Waals surface area contributed by atoms with Gasteiger partial charge in [0.2, 0.25) is 0 Å². The van der Waals surface area contributed by atoms with Crippen molar-refractivity contribution < 1.29 is 29.0 Å². The van der Waals surface area contributed by atoms with Gasteiger partial charge in [0.1, 0.15) is 23.1 Å². The van der Waals surface area contributed by atoms with Gasteiger partial charge in [-0.3, -0.25) is 4.79 Å². The number of nitrogens with zero attached hydrogens (tertiary/aromatic N) is 2. The minimum absolute atomic E-state index is 0.140. The minimum Gasteiger partial charge on any atom is -0.489 e. The number of ether oxygens (including phenoxy) is 2. The molecule has 0 radical (unpaired) electrons. The number of amides is 2. The van der Waals surface area contributed by atoms with Crippen molar-refractivity contribution in [3.8, 4) is 16.9 Å². The second-order valence-electron chi connectivity index (χ2n) is 10.1. The van der Waals surface area contributed by atoms with Crippen LogP contribution in [0.4, 0.5) is 10.5 Å². The number of nitrogens with one attached hydrogen (secondary N) is 1. The third kappa shape index (κ3) is 6.88. The van der Waals surface area contributed by atoms with Gasteiger partial charge in [-0.15, -0.1) is 0 Å². The van der Waals surface area contributed by atoms with Gasteiger partial charge in [0.15, 0.2) is 0 Å². The van der Waals surface area contributed by atoms with E-state index in [0.717, 1.165) is 5.56 Å². The van der Waals surface area contributed by atoms with Crippen molar-refractivity contribution in [3.05, 3.63) is 78.1 Å². The van der Waals surface area contributed by atoms with Crippen LogP contribution >= 0.6 is 0 Å². The highest BCUT2D eigenvalue weighted by atomic mass is 16.6. The topological polar surface area (TPSA) is 118 Å². The number of benzene rings is 2. The van der Waals surface area contributed by atoms with E-state index in [4.69, 9.17) is 14.6 Å². The SMILES string of the molecule is CC(C)(C)OC(=O)c1ccc(NC(=O)c2ncc(OC3CCN(C(=O)O)CC3)cc2-c2ccccc2)cc1. The summed E-state index contributed by atoms with van der Waals surface area (Å²) in [7, 11) is 0. The number of esters is 1. The Balaban J connectivity index is 1.51. The van der Waals surface area contributed by atoms with Crippen molar-refractivity contribution in [2.45, 2.75) is 45.3 Å². The minimum atomic E-state index is -0.925. The van der Waals surface area contributed by atoms with Crippen LogP contribution in [0.5, 0.6) is 5.75 Å². The maximum atomic E-state index is 13.2. The molecule has 0 spiro atoms. The summed E-state index contributed by atoms with van der Waals surface area (Å²) in [6, 6.07) is 17.7. The zero-order valence-corrected chi connectivity index (χ0v) is 21.6. The van der Waals surface area contributed by atoms with Gasteiger partial charge in [0.05, 0.1) is 11.8 Å². The number of piperidine rings is 1. The zero-order chi connectivity index (χ0) is 27.3. The number of carboxylic acid groups (broad SMARTS) is 1. The lowest BCUT2D eigenvalue weighted by molar-refractivity contribution is 0.00693. The van der Waals surface area contributed by atoms with Gasteiger partial charge in [-0.1, -0.05) is 30.3 Å². The zero-order valence-electron chi connectivity index (χ0n) is 21.6. The van der Waals surface area contributed by atoms with Crippen molar-refractivity contribution in [2.24, 2.45) is 0 Å². The molecule has 1 fully saturated rings. The highest BCUT2D eigenvalue weighted by Gasteiger charge is 2.24. The average molecular weight is 518 g/mol. The molecule has 0 atom stereocenters. The van der Waals surface area contributed by atoms with Gasteiger partial charge in [-0.25, -0.2) is 14.6 Å². The van der Waals surface area contributed by atoms with Gasteiger partial charge < -0.3 is 24.8 Å². The predicted molar refractivity (Wildman–Crippen MR) is 142 cm³/mol. The summed E-state index contributed by atoms with van der Waals surface area (Å²) in [5, 5.41) is 12.0. The quantitative estimate of drug-likeness (QED) is 0.416. The van der Waals surface area contributed by atoms with Gasteiger partial charge in [0, 0.05) is 37.2 Å². The standard InChI is InChI=1S/C29H31N3O6/c1-29(2,3)38-27(34)20-9-11-21(12-10-20)31-26(33)25-24(19-7-5-4-6-8-19)17-23(18-30-25)37-22-13-15-32(16-14-22)28(35)36/h4-12,17-18,22H,13-16H2,1-3H3,(H,31,33)(H,35,36). The van der Waals surface area contributed by atoms with Crippen LogP contribution in [0.15, 0.2) is 66.9 Å². The molecule has 3 aromatic rings. The van der Waals surface area contributed by atoms with Crippen molar-refractivity contribution in [2.75, 3.05) is 18.4 Å². The molecule has 1 aromatic heterocycles. The maximum absolute atomic E-state index is 13.2. The number of aromatic nitrogens is 1. The van der Waals surface area contributed by atoms with E-state index in [-0.39, 0.29) is 11.8 Å². The number of pyridine rings is 1. The average Bonchev–Trinajstić information content (AvgIpc) is 2.89. The van der Waals surface area contributed by atoms with Crippen molar-refractivity contribution in [3.63, 3.8) is 0 Å². The molecule has 0 bridgehead atoms. The van der Waals surface area contributed by atoms with Crippen molar-refractivity contribution in [1.29, 1.82) is 0 Å². The Morgan fingerprint density at radius 1 is 1.00 bits per heavy atom. The summed E-state index contributed by atoms with van der Waals surface area (Å²) in [6.07, 6.45) is 1.60. The van der Waals surface area contributed by atoms with Crippen LogP contribution in [0.1, 0.15) is 54.5 Å². The Morgan fingerprint density at radius 2 is 1.66 bits per heavy atom. The second kappa shape index (κ2) is 11.3. The maximum Gasteiger partial charge on any atom is 0.407 e. The first kappa shape index (κ1) is 26.7. The lowest BCUT2D eigenvalue weighted by Crippen LogP contribution is -2.41. The molecule has 2 heterocycles. The normalized spacial score (nSPS) is 14.0. The van der Waals surface area contributed by atoms with Crippen LogP contribution in [0.3, 0.4) is 0 Å². The largest absolute Gasteiger partial charge is 0.489 e. The fraction of sp³-hybridized carbons (Fsp3) is 0.310. The Hall–Kier alpha value is -4.40. The Kier molecular flexibility index (Phi) is 7.95. The van der Waals surface area contributed by atoms with Crippen molar-refractivity contribution in [1.82, 2.24) is 9.88 Å². The number of carbonyl (C=O) groups excluding carboxylic acids is 2. The van der Waals surface area contributed by atoms with Crippen LogP contribution in [0.25, 0.3) is 11.1 Å². The first-order valence-corrected chi connectivity index (χ1v) is 12.4. The summed E-state index contributed by atoms with van der Waals surface area (Å²) in [5.74, 6) is -0.335. The number of carbonyl (C=O) groups is 3. The lowest BCUT2D eigenvalue weighted by Gasteiger charge is -2.30. The van der Waals surface area contributed by atoms with E-state index < -0.39 is 23.6 Å². The summed E-state index contributed by atoms with van der Waals surface area (Å²) >= 11 is 0. The molecule has 38 heavy (non-hydrogen) atoms. The molecule has 198 valence electrons. The molecule has 2 N–H and O–H groups in total. The smallest absolute Gasteiger partial charge is 0.407 e. The molecule has 0 saturated carbocycles. The summed E-state index contributed by atoms with van der Waals surface area (Å²) < 4.78 is 11.5. The molecule has 9 heteroatoms. The fourth-order valence-electron chi connectivity index (χ4n) is 4.10. The van der Waals surface area contributed by atoms with E-state index in [1.165, 1.54) is 11.1 Å². The highest BCUT2D eigenvalue weighted by Crippen LogP contribution is 2.29. The third-order valence-electron chi connectivity index (χ3n) is 5.96. The molecule has 0 aliphatic carbocycles. The molecule has 0 unspecified atom stereocenters. The van der Waals surface area contributed by atoms with Crippen LogP contribution in [0, 0.1) is 0 Å². The van der Waals surface area contributed by atoms with Crippen LogP contribution in [-0.4, -0.2) is 57.8 Å².